The van der Waals surface area contributed by atoms with Gasteiger partial charge in [-0.05, 0) is 6.42 Å². The van der Waals surface area contributed by atoms with Crippen LogP contribution in [-0.4, -0.2) is 65.2 Å². The van der Waals surface area contributed by atoms with E-state index < -0.39 is 41.8 Å². The van der Waals surface area contributed by atoms with Crippen LogP contribution >= 0.6 is 0 Å². The van der Waals surface area contributed by atoms with Gasteiger partial charge in [0.15, 0.2) is 11.2 Å². The molecule has 0 saturated heterocycles. The maximum atomic E-state index is 12.1. The van der Waals surface area contributed by atoms with Crippen molar-refractivity contribution in [3.05, 3.63) is 34.3 Å². The highest BCUT2D eigenvalue weighted by Gasteiger charge is 2.24. The predicted molar refractivity (Wildman–Crippen MR) is 102 cm³/mol. The minimum absolute atomic E-state index is 0.0490. The molecule has 3 heterocycles. The van der Waals surface area contributed by atoms with E-state index in [9.17, 15) is 19.2 Å². The van der Waals surface area contributed by atoms with Gasteiger partial charge in [-0.3, -0.25) is 19.4 Å². The molecule has 0 spiro atoms. The second-order valence-corrected chi connectivity index (χ2v) is 5.98. The number of amides is 1. The van der Waals surface area contributed by atoms with Crippen molar-refractivity contribution < 1.29 is 29.0 Å². The van der Waals surface area contributed by atoms with Crippen LogP contribution < -0.4 is 16.6 Å². The van der Waals surface area contributed by atoms with Crippen LogP contribution in [0, 0.1) is 0 Å². The number of nitrogen functional groups attached to an aromatic ring is 1. The number of aromatic nitrogens is 5. The standard InChI is InChI=1S/C16H14N8O7/c17-16-23-11-10(12(27)24-16)21-6(4-19-11)3-18-8-5-20-14(31-8)13(28)22-7(15(29)30)1-2-9(25)26/h3-5,7H,1-2H2,(H,22,28)(H,25,26)(H,29,30)(H3,17,19,23,24,27). The van der Waals surface area contributed by atoms with E-state index in [1.54, 1.807) is 0 Å². The quantitative estimate of drug-likeness (QED) is 0.273. The average molecular weight is 430 g/mol. The fourth-order valence-corrected chi connectivity index (χ4v) is 2.32. The van der Waals surface area contributed by atoms with Gasteiger partial charge >= 0.3 is 17.8 Å². The molecule has 3 aromatic rings. The first-order valence-corrected chi connectivity index (χ1v) is 8.51. The molecule has 0 saturated carbocycles. The maximum Gasteiger partial charge on any atom is 0.326 e. The first kappa shape index (κ1) is 21.0. The van der Waals surface area contributed by atoms with Gasteiger partial charge in [-0.15, -0.1) is 0 Å². The van der Waals surface area contributed by atoms with E-state index in [1.807, 2.05) is 0 Å². The zero-order valence-corrected chi connectivity index (χ0v) is 15.5. The highest BCUT2D eigenvalue weighted by atomic mass is 16.4. The monoisotopic (exact) mass is 430 g/mol. The third-order valence-corrected chi connectivity index (χ3v) is 3.72. The van der Waals surface area contributed by atoms with Crippen LogP contribution in [0.2, 0.25) is 0 Å². The topological polar surface area (TPSA) is 240 Å². The maximum absolute atomic E-state index is 12.1. The van der Waals surface area contributed by atoms with Crippen LogP contribution in [-0.2, 0) is 9.59 Å². The number of hydrogen-bond acceptors (Lipinski definition) is 11. The first-order valence-electron chi connectivity index (χ1n) is 8.51. The number of fused-ring (bicyclic) bond motifs is 1. The zero-order chi connectivity index (χ0) is 22.5. The molecule has 1 atom stereocenters. The van der Waals surface area contributed by atoms with Crippen molar-refractivity contribution >= 4 is 47.1 Å². The number of nitrogens with one attached hydrogen (secondary N) is 2. The molecule has 3 aromatic heterocycles. The van der Waals surface area contributed by atoms with Crippen molar-refractivity contribution in [2.75, 3.05) is 5.73 Å². The summed E-state index contributed by atoms with van der Waals surface area (Å²) in [5.74, 6) is -4.26. The minimum Gasteiger partial charge on any atom is -0.481 e. The number of rotatable bonds is 8. The SMILES string of the molecule is Nc1nc2ncc(C=Nc3cnc(C(=O)NC(CCC(=O)O)C(=O)O)o3)nc2c(=O)[nH]1. The van der Waals surface area contributed by atoms with Crippen LogP contribution in [0.25, 0.3) is 11.2 Å². The lowest BCUT2D eigenvalue weighted by atomic mass is 10.1. The molecular weight excluding hydrogens is 416 g/mol. The number of H-pyrrole nitrogens is 1. The van der Waals surface area contributed by atoms with Gasteiger partial charge in [-0.25, -0.2) is 24.7 Å². The molecule has 15 nitrogen and oxygen atoms in total. The molecule has 0 bridgehead atoms. The Kier molecular flexibility index (Phi) is 5.95. The zero-order valence-electron chi connectivity index (χ0n) is 15.5. The Morgan fingerprint density at radius 1 is 1.26 bits per heavy atom. The van der Waals surface area contributed by atoms with E-state index in [2.05, 4.69) is 35.2 Å². The number of aromatic amines is 1. The van der Waals surface area contributed by atoms with Crippen molar-refractivity contribution in [2.24, 2.45) is 4.99 Å². The van der Waals surface area contributed by atoms with Crippen LogP contribution in [0.1, 0.15) is 29.2 Å². The van der Waals surface area contributed by atoms with Crippen LogP contribution in [0.15, 0.2) is 26.6 Å². The molecule has 1 unspecified atom stereocenters. The molecule has 15 heteroatoms. The third kappa shape index (κ3) is 5.22. The molecule has 0 radical (unpaired) electrons. The molecule has 1 amide bonds. The number of carbonyl (C=O) groups excluding carboxylic acids is 1. The second-order valence-electron chi connectivity index (χ2n) is 5.98. The lowest BCUT2D eigenvalue weighted by Crippen LogP contribution is -2.41. The summed E-state index contributed by atoms with van der Waals surface area (Å²) < 4.78 is 5.13. The normalized spacial score (nSPS) is 12.1. The summed E-state index contributed by atoms with van der Waals surface area (Å²) in [4.78, 5) is 67.4. The molecule has 0 aliphatic carbocycles. The van der Waals surface area contributed by atoms with E-state index >= 15 is 0 Å². The van der Waals surface area contributed by atoms with E-state index in [0.29, 0.717) is 0 Å². The Morgan fingerprint density at radius 2 is 2.03 bits per heavy atom. The van der Waals surface area contributed by atoms with Gasteiger partial charge in [0.05, 0.1) is 18.6 Å². The number of carboxylic acid groups (broad SMARTS) is 2. The van der Waals surface area contributed by atoms with Gasteiger partial charge in [0.1, 0.15) is 11.7 Å². The van der Waals surface area contributed by atoms with Crippen molar-refractivity contribution in [1.82, 2.24) is 30.2 Å². The number of anilines is 1. The van der Waals surface area contributed by atoms with Gasteiger partial charge in [-0.2, -0.15) is 4.98 Å². The van der Waals surface area contributed by atoms with Gasteiger partial charge in [0.25, 0.3) is 11.4 Å². The Labute approximate surface area is 171 Å². The van der Waals surface area contributed by atoms with Gasteiger partial charge in [0, 0.05) is 6.42 Å². The summed E-state index contributed by atoms with van der Waals surface area (Å²) in [6.45, 7) is 0. The summed E-state index contributed by atoms with van der Waals surface area (Å²) in [5.41, 5.74) is 5.01. The molecule has 0 aliphatic rings. The number of nitrogens with zero attached hydrogens (tertiary/aromatic N) is 5. The number of hydrogen-bond donors (Lipinski definition) is 5. The van der Waals surface area contributed by atoms with E-state index in [-0.39, 0.29) is 35.1 Å². The Bertz CT molecular complexity index is 1250. The van der Waals surface area contributed by atoms with Crippen LogP contribution in [0.3, 0.4) is 0 Å². The molecule has 31 heavy (non-hydrogen) atoms. The third-order valence-electron chi connectivity index (χ3n) is 3.72. The molecule has 0 fully saturated rings. The van der Waals surface area contributed by atoms with Gasteiger partial charge in [0.2, 0.25) is 11.8 Å². The molecule has 0 aromatic carbocycles. The molecule has 0 aliphatic heterocycles. The van der Waals surface area contributed by atoms with Crippen LogP contribution in [0.5, 0.6) is 0 Å². The molecule has 3 rings (SSSR count). The Morgan fingerprint density at radius 3 is 2.74 bits per heavy atom. The summed E-state index contributed by atoms with van der Waals surface area (Å²) in [5, 5.41) is 19.8. The fourth-order valence-electron chi connectivity index (χ4n) is 2.32. The number of carbonyl (C=O) groups is 3. The summed E-state index contributed by atoms with van der Waals surface area (Å²) in [7, 11) is 0. The van der Waals surface area contributed by atoms with Crippen molar-refractivity contribution in [1.29, 1.82) is 0 Å². The van der Waals surface area contributed by atoms with Crippen molar-refractivity contribution in [3.63, 3.8) is 0 Å². The number of aliphatic imine (C=N–C) groups is 1. The fraction of sp³-hybridized carbons (Fsp3) is 0.188. The van der Waals surface area contributed by atoms with E-state index in [0.717, 1.165) is 6.20 Å². The first-order chi connectivity index (χ1) is 14.7. The second kappa shape index (κ2) is 8.76. The van der Waals surface area contributed by atoms with E-state index in [1.165, 1.54) is 12.4 Å². The average Bonchev–Trinajstić information content (AvgIpc) is 3.18. The van der Waals surface area contributed by atoms with E-state index in [4.69, 9.17) is 20.4 Å². The van der Waals surface area contributed by atoms with Crippen molar-refractivity contribution in [2.45, 2.75) is 18.9 Å². The summed E-state index contributed by atoms with van der Waals surface area (Å²) >= 11 is 0. The molecular formula is C16H14N8O7. The van der Waals surface area contributed by atoms with Crippen molar-refractivity contribution in [3.8, 4) is 0 Å². The van der Waals surface area contributed by atoms with Gasteiger partial charge < -0.3 is 25.7 Å². The smallest absolute Gasteiger partial charge is 0.326 e. The number of oxazole rings is 1. The molecule has 6 N–H and O–H groups in total. The lowest BCUT2D eigenvalue weighted by Gasteiger charge is -2.11. The Hall–Kier alpha value is -4.69. The Balaban J connectivity index is 1.71. The lowest BCUT2D eigenvalue weighted by molar-refractivity contribution is -0.140. The minimum atomic E-state index is -1.43. The van der Waals surface area contributed by atoms with Gasteiger partial charge in [-0.1, -0.05) is 0 Å². The number of carboxylic acids is 2. The number of nitrogens with two attached hydrogens (primary N) is 1. The van der Waals surface area contributed by atoms with Crippen LogP contribution in [0.4, 0.5) is 11.8 Å². The number of aliphatic carboxylic acids is 2. The highest BCUT2D eigenvalue weighted by Crippen LogP contribution is 2.14. The molecule has 160 valence electrons. The summed E-state index contributed by atoms with van der Waals surface area (Å²) in [6, 6.07) is -1.43. The predicted octanol–water partition coefficient (Wildman–Crippen LogP) is -0.918. The largest absolute Gasteiger partial charge is 0.481 e. The highest BCUT2D eigenvalue weighted by molar-refractivity contribution is 5.93. The summed E-state index contributed by atoms with van der Waals surface area (Å²) in [6.07, 6.45) is 2.80.